The third-order valence-corrected chi connectivity index (χ3v) is 4.32. The van der Waals surface area contributed by atoms with Crippen LogP contribution in [0.5, 0.6) is 0 Å². The van der Waals surface area contributed by atoms with E-state index in [4.69, 9.17) is 0 Å². The molecule has 1 unspecified atom stereocenters. The molecule has 0 bridgehead atoms. The molecule has 0 N–H and O–H groups in total. The Labute approximate surface area is 126 Å². The van der Waals surface area contributed by atoms with Crippen LogP contribution in [0.3, 0.4) is 0 Å². The molecule has 2 aromatic rings. The third kappa shape index (κ3) is 2.10. The molecule has 4 rings (SSSR count). The van der Waals surface area contributed by atoms with Crippen LogP contribution in [0.25, 0.3) is 0 Å². The van der Waals surface area contributed by atoms with Crippen molar-refractivity contribution in [3.63, 3.8) is 0 Å². The van der Waals surface area contributed by atoms with E-state index in [-0.39, 0.29) is 11.7 Å². The summed E-state index contributed by atoms with van der Waals surface area (Å²) in [5.74, 6) is -3.15. The van der Waals surface area contributed by atoms with Gasteiger partial charge >= 0.3 is 0 Å². The molecule has 1 atom stereocenters. The van der Waals surface area contributed by atoms with E-state index in [1.54, 1.807) is 6.07 Å². The van der Waals surface area contributed by atoms with E-state index in [2.05, 4.69) is 5.10 Å². The second-order valence-corrected chi connectivity index (χ2v) is 5.95. The number of rotatable bonds is 2. The summed E-state index contributed by atoms with van der Waals surface area (Å²) in [6.45, 7) is -1.01. The van der Waals surface area contributed by atoms with Gasteiger partial charge < -0.3 is 4.90 Å². The molecule has 1 aromatic heterocycles. The van der Waals surface area contributed by atoms with Crippen LogP contribution in [-0.2, 0) is 6.42 Å². The number of aryl methyl sites for hydroxylation is 1. The molecule has 1 saturated heterocycles. The van der Waals surface area contributed by atoms with Crippen LogP contribution in [0.2, 0.25) is 0 Å². The standard InChI is InChI=1S/C16H15F2N3O/c17-16(18)9-20(10-16)15(22)13-8-12-6-7-14(21(12)19-13)11-4-2-1-3-5-11/h1-5,8,14H,6-7,9-10H2. The lowest BCUT2D eigenvalue weighted by molar-refractivity contribution is -0.113. The van der Waals surface area contributed by atoms with Gasteiger partial charge in [-0.15, -0.1) is 0 Å². The first-order chi connectivity index (χ1) is 10.5. The van der Waals surface area contributed by atoms with Crippen molar-refractivity contribution in [1.29, 1.82) is 0 Å². The highest BCUT2D eigenvalue weighted by Gasteiger charge is 2.47. The molecule has 22 heavy (non-hydrogen) atoms. The molecule has 2 aliphatic rings. The van der Waals surface area contributed by atoms with Gasteiger partial charge in [0.1, 0.15) is 0 Å². The van der Waals surface area contributed by atoms with Crippen LogP contribution in [0.4, 0.5) is 8.78 Å². The van der Waals surface area contributed by atoms with Crippen LogP contribution in [-0.4, -0.2) is 39.6 Å². The summed E-state index contributed by atoms with van der Waals surface area (Å²) in [6.07, 6.45) is 1.79. The number of hydrogen-bond donors (Lipinski definition) is 0. The summed E-state index contributed by atoms with van der Waals surface area (Å²) >= 11 is 0. The molecule has 0 saturated carbocycles. The minimum Gasteiger partial charge on any atom is -0.325 e. The van der Waals surface area contributed by atoms with Gasteiger partial charge in [0, 0.05) is 5.69 Å². The summed E-state index contributed by atoms with van der Waals surface area (Å²) in [7, 11) is 0. The molecule has 1 amide bonds. The van der Waals surface area contributed by atoms with Gasteiger partial charge in [-0.25, -0.2) is 8.78 Å². The fraction of sp³-hybridized carbons (Fsp3) is 0.375. The Balaban J connectivity index is 1.58. The smallest absolute Gasteiger partial charge is 0.282 e. The van der Waals surface area contributed by atoms with Crippen molar-refractivity contribution in [2.24, 2.45) is 0 Å². The number of nitrogens with zero attached hydrogens (tertiary/aromatic N) is 3. The van der Waals surface area contributed by atoms with Gasteiger partial charge in [-0.2, -0.15) is 5.10 Å². The Morgan fingerprint density at radius 1 is 1.23 bits per heavy atom. The van der Waals surface area contributed by atoms with Crippen molar-refractivity contribution < 1.29 is 13.6 Å². The van der Waals surface area contributed by atoms with E-state index in [1.165, 1.54) is 0 Å². The molecule has 1 fully saturated rings. The average Bonchev–Trinajstić information content (AvgIpc) is 3.04. The van der Waals surface area contributed by atoms with Gasteiger partial charge in [-0.05, 0) is 24.5 Å². The van der Waals surface area contributed by atoms with E-state index >= 15 is 0 Å². The summed E-state index contributed by atoms with van der Waals surface area (Å²) in [5.41, 5.74) is 2.41. The highest BCUT2D eigenvalue weighted by atomic mass is 19.3. The van der Waals surface area contributed by atoms with Gasteiger partial charge in [0.25, 0.3) is 11.8 Å². The Kier molecular flexibility index (Phi) is 2.82. The van der Waals surface area contributed by atoms with Gasteiger partial charge in [0.15, 0.2) is 5.69 Å². The zero-order chi connectivity index (χ0) is 15.3. The normalized spacial score (nSPS) is 22.3. The molecule has 0 aliphatic carbocycles. The number of carbonyl (C=O) groups is 1. The van der Waals surface area contributed by atoms with Crippen LogP contribution >= 0.6 is 0 Å². The van der Waals surface area contributed by atoms with Crippen LogP contribution < -0.4 is 0 Å². The third-order valence-electron chi connectivity index (χ3n) is 4.32. The maximum absolute atomic E-state index is 12.9. The molecule has 2 aliphatic heterocycles. The predicted octanol–water partition coefficient (Wildman–Crippen LogP) is 2.51. The lowest BCUT2D eigenvalue weighted by Crippen LogP contribution is -2.58. The lowest BCUT2D eigenvalue weighted by atomic mass is 10.1. The van der Waals surface area contributed by atoms with Crippen LogP contribution in [0, 0.1) is 0 Å². The zero-order valence-electron chi connectivity index (χ0n) is 11.9. The number of benzene rings is 1. The molecule has 4 nitrogen and oxygen atoms in total. The largest absolute Gasteiger partial charge is 0.325 e. The average molecular weight is 303 g/mol. The van der Waals surface area contributed by atoms with Gasteiger partial charge in [-0.3, -0.25) is 9.48 Å². The number of aromatic nitrogens is 2. The van der Waals surface area contributed by atoms with Crippen molar-refractivity contribution in [2.75, 3.05) is 13.1 Å². The van der Waals surface area contributed by atoms with Gasteiger partial charge in [0.05, 0.1) is 19.1 Å². The van der Waals surface area contributed by atoms with Crippen LogP contribution in [0.1, 0.15) is 34.2 Å². The number of hydrogen-bond acceptors (Lipinski definition) is 2. The number of fused-ring (bicyclic) bond motifs is 1. The summed E-state index contributed by atoms with van der Waals surface area (Å²) in [5, 5.41) is 4.38. The first-order valence-corrected chi connectivity index (χ1v) is 7.34. The minimum absolute atomic E-state index is 0.121. The summed E-state index contributed by atoms with van der Waals surface area (Å²) in [4.78, 5) is 13.3. The fourth-order valence-electron chi connectivity index (χ4n) is 3.20. The second kappa shape index (κ2) is 4.63. The number of alkyl halides is 2. The highest BCUT2D eigenvalue weighted by Crippen LogP contribution is 2.33. The topological polar surface area (TPSA) is 38.1 Å². The number of amides is 1. The Morgan fingerprint density at radius 3 is 2.64 bits per heavy atom. The summed E-state index contributed by atoms with van der Waals surface area (Å²) < 4.78 is 27.6. The Bertz CT molecular complexity index is 718. The Morgan fingerprint density at radius 2 is 1.95 bits per heavy atom. The first kappa shape index (κ1) is 13.4. The molecule has 0 radical (unpaired) electrons. The molecule has 1 aromatic carbocycles. The minimum atomic E-state index is -2.75. The van der Waals surface area contributed by atoms with E-state index in [0.29, 0.717) is 0 Å². The van der Waals surface area contributed by atoms with Crippen molar-refractivity contribution in [3.8, 4) is 0 Å². The van der Waals surface area contributed by atoms with E-state index in [1.807, 2.05) is 35.0 Å². The predicted molar refractivity (Wildman–Crippen MR) is 76.0 cm³/mol. The monoisotopic (exact) mass is 303 g/mol. The van der Waals surface area contributed by atoms with Crippen LogP contribution in [0.15, 0.2) is 36.4 Å². The van der Waals surface area contributed by atoms with Crippen molar-refractivity contribution in [3.05, 3.63) is 53.3 Å². The quantitative estimate of drug-likeness (QED) is 0.855. The molecular weight excluding hydrogens is 288 g/mol. The second-order valence-electron chi connectivity index (χ2n) is 5.95. The zero-order valence-corrected chi connectivity index (χ0v) is 11.9. The molecule has 3 heterocycles. The maximum Gasteiger partial charge on any atom is 0.282 e. The fourth-order valence-corrected chi connectivity index (χ4v) is 3.20. The van der Waals surface area contributed by atoms with Crippen molar-refractivity contribution >= 4 is 5.91 Å². The number of halogens is 2. The van der Waals surface area contributed by atoms with Crippen molar-refractivity contribution in [2.45, 2.75) is 24.8 Å². The van der Waals surface area contributed by atoms with Gasteiger partial charge in [0.2, 0.25) is 0 Å². The summed E-state index contributed by atoms with van der Waals surface area (Å²) in [6, 6.07) is 11.9. The Hall–Kier alpha value is -2.24. The maximum atomic E-state index is 12.9. The van der Waals surface area contributed by atoms with Gasteiger partial charge in [-0.1, -0.05) is 30.3 Å². The van der Waals surface area contributed by atoms with E-state index in [0.717, 1.165) is 29.0 Å². The molecule has 114 valence electrons. The first-order valence-electron chi connectivity index (χ1n) is 7.34. The molecule has 6 heteroatoms. The molecular formula is C16H15F2N3O. The highest BCUT2D eigenvalue weighted by molar-refractivity contribution is 5.93. The SMILES string of the molecule is O=C(c1cc2n(n1)C(c1ccccc1)CC2)N1CC(F)(F)C1. The number of carbonyl (C=O) groups excluding carboxylic acids is 1. The van der Waals surface area contributed by atoms with E-state index in [9.17, 15) is 13.6 Å². The van der Waals surface area contributed by atoms with E-state index < -0.39 is 24.9 Å². The number of likely N-dealkylation sites (tertiary alicyclic amines) is 1. The van der Waals surface area contributed by atoms with Crippen molar-refractivity contribution in [1.82, 2.24) is 14.7 Å². The molecule has 0 spiro atoms. The lowest BCUT2D eigenvalue weighted by Gasteiger charge is -2.38.